The van der Waals surface area contributed by atoms with E-state index in [4.69, 9.17) is 15.2 Å². The Morgan fingerprint density at radius 3 is 2.22 bits per heavy atom. The predicted molar refractivity (Wildman–Crippen MR) is 108 cm³/mol. The molecule has 6 heterocycles. The number of ether oxygens (including phenoxy) is 2. The molecule has 2 fully saturated rings. The summed E-state index contributed by atoms with van der Waals surface area (Å²) in [5, 5.41) is 41.5. The number of phosphoric acid groups is 2. The Balaban J connectivity index is 0.00000320. The van der Waals surface area contributed by atoms with Crippen LogP contribution < -0.4 is 45.7 Å². The number of hydrogen-bond acceptors (Lipinski definition) is 16. The van der Waals surface area contributed by atoms with Crippen LogP contribution in [0.15, 0.2) is 11.1 Å². The fraction of sp³-hybridized carbons (Fsp3) is 0.667. The molecule has 19 nitrogen and oxygen atoms in total. The smallest absolute Gasteiger partial charge is 0.756 e. The fourth-order valence-corrected chi connectivity index (χ4v) is 6.17. The van der Waals surface area contributed by atoms with Crippen molar-refractivity contribution in [2.45, 2.75) is 49.1 Å². The normalized spacial score (nSPS) is 42.5. The van der Waals surface area contributed by atoms with Gasteiger partial charge in [0.25, 0.3) is 13.4 Å². The van der Waals surface area contributed by atoms with Gasteiger partial charge in [-0.15, -0.1) is 0 Å². The van der Waals surface area contributed by atoms with E-state index < -0.39 is 83.5 Å². The molecule has 0 aromatic carbocycles. The van der Waals surface area contributed by atoms with Gasteiger partial charge in [0, 0.05) is 0 Å². The molecule has 200 valence electrons. The maximum Gasteiger partial charge on any atom is 1.00 e. The summed E-state index contributed by atoms with van der Waals surface area (Å²) in [6.45, 7) is -1.92. The van der Waals surface area contributed by atoms with E-state index >= 15 is 0 Å². The summed E-state index contributed by atoms with van der Waals surface area (Å²) < 4.78 is 49.9. The molecule has 0 amide bonds. The van der Waals surface area contributed by atoms with Crippen LogP contribution in [0.3, 0.4) is 0 Å². The van der Waals surface area contributed by atoms with Crippen LogP contribution in [-0.4, -0.2) is 94.3 Å². The van der Waals surface area contributed by atoms with Gasteiger partial charge in [-0.3, -0.25) is 23.0 Å². The first-order valence-electron chi connectivity index (χ1n) is 10.2. The number of fused-ring (bicyclic) bond motifs is 7. The summed E-state index contributed by atoms with van der Waals surface area (Å²) in [6.07, 6.45) is -12.2. The van der Waals surface area contributed by atoms with Crippen molar-refractivity contribution in [2.75, 3.05) is 18.9 Å². The summed E-state index contributed by atoms with van der Waals surface area (Å²) in [6, 6.07) is 0. The van der Waals surface area contributed by atoms with Gasteiger partial charge in [0.05, 0.1) is 13.2 Å². The summed E-state index contributed by atoms with van der Waals surface area (Å²) in [4.78, 5) is 42.9. The molecular weight excluding hydrogens is 559 g/mol. The predicted octanol–water partition coefficient (Wildman–Crippen LogP) is -6.95. The number of imidazole rings is 1. The van der Waals surface area contributed by atoms with Gasteiger partial charge in [-0.2, -0.15) is 0 Å². The van der Waals surface area contributed by atoms with Gasteiger partial charge in [-0.25, -0.2) is 18.8 Å². The van der Waals surface area contributed by atoms with E-state index in [1.165, 1.54) is 0 Å². The molecule has 0 aliphatic carbocycles. The van der Waals surface area contributed by atoms with E-state index in [-0.39, 0.29) is 46.7 Å². The van der Waals surface area contributed by atoms with Crippen molar-refractivity contribution in [3.05, 3.63) is 16.7 Å². The van der Waals surface area contributed by atoms with Gasteiger partial charge < -0.3 is 49.9 Å². The zero-order chi connectivity index (χ0) is 26.2. The van der Waals surface area contributed by atoms with E-state index in [0.717, 1.165) is 15.5 Å². The van der Waals surface area contributed by atoms with E-state index in [0.29, 0.717) is 0 Å². The molecule has 8 bridgehead atoms. The van der Waals surface area contributed by atoms with Crippen molar-refractivity contribution in [1.29, 1.82) is 0 Å². The zero-order valence-corrected chi connectivity index (χ0v) is 22.6. The maximum absolute atomic E-state index is 13.1. The van der Waals surface area contributed by atoms with E-state index in [2.05, 4.69) is 23.3 Å². The van der Waals surface area contributed by atoms with E-state index in [1.807, 2.05) is 0 Å². The summed E-state index contributed by atoms with van der Waals surface area (Å²) in [5.41, 5.74) is 4.47. The Morgan fingerprint density at radius 2 is 1.57 bits per heavy atom. The Hall–Kier alpha value is -0.830. The summed E-state index contributed by atoms with van der Waals surface area (Å²) in [5.74, 6) is -0.370. The number of aliphatic hydroxyl groups is 4. The third-order valence-corrected chi connectivity index (χ3v) is 8.43. The molecule has 0 radical (unpaired) electrons. The molecule has 7 N–H and O–H groups in total. The monoisotopic (exact) mass is 579 g/mol. The first-order valence-corrected chi connectivity index (χ1v) is 13.2. The Morgan fingerprint density at radius 1 is 1.00 bits per heavy atom. The van der Waals surface area contributed by atoms with Gasteiger partial charge in [0.1, 0.15) is 43.0 Å². The number of rotatable bonds is 0. The van der Waals surface area contributed by atoms with Crippen LogP contribution in [0.1, 0.15) is 12.5 Å². The van der Waals surface area contributed by atoms with Crippen LogP contribution in [0.2, 0.25) is 0 Å². The number of aromatic nitrogens is 4. The number of phosphoric ester groups is 2. The van der Waals surface area contributed by atoms with E-state index in [9.17, 15) is 44.1 Å². The Bertz CT molecular complexity index is 1340. The van der Waals surface area contributed by atoms with Crippen molar-refractivity contribution in [3.63, 3.8) is 0 Å². The van der Waals surface area contributed by atoms with Gasteiger partial charge in [-0.1, -0.05) is 0 Å². The van der Waals surface area contributed by atoms with Crippen LogP contribution >= 0.6 is 15.6 Å². The largest absolute Gasteiger partial charge is 1.00 e. The van der Waals surface area contributed by atoms with Crippen LogP contribution in [0.4, 0.5) is 5.95 Å². The van der Waals surface area contributed by atoms with Gasteiger partial charge in [0.15, 0.2) is 23.6 Å². The Labute approximate surface area is 227 Å². The molecule has 2 saturated heterocycles. The standard InChI is InChI=1S/C15H21N5O14P2.Na/c16-15-18-6-11-17-3-19(12(6)25)13-9(23)7(21)4(32-13)1-30-35(26,27)34-36(28,29)31-2-5-8(22)10(24)14(33-5)20(11)15;/h3-5,7-10,13-14,21-24H,1-2H2,(H2,16,18)(H,26,27)(H,28,29);/q;+1/p-1/t4-,5-,7-,8-,9-,10-,13-,14-;/m1./s1. The molecule has 2 aromatic heterocycles. The van der Waals surface area contributed by atoms with Crippen molar-refractivity contribution >= 4 is 32.8 Å². The third kappa shape index (κ3) is 5.21. The van der Waals surface area contributed by atoms with Gasteiger partial charge in [-0.05, 0) is 0 Å². The number of hydrogen-bond donors (Lipinski definition) is 6. The second-order valence-electron chi connectivity index (χ2n) is 8.15. The maximum atomic E-state index is 13.1. The summed E-state index contributed by atoms with van der Waals surface area (Å²) in [7, 11) is -10.9. The molecule has 10 atom stereocenters. The minimum absolute atomic E-state index is 0. The fourth-order valence-electron chi connectivity index (χ4n) is 4.11. The first-order chi connectivity index (χ1) is 16.8. The average Bonchev–Trinajstić information content (AvgIpc) is 3.37. The number of nitrogens with two attached hydrogens (primary N) is 1. The number of anilines is 1. The third-order valence-electron chi connectivity index (χ3n) is 5.86. The van der Waals surface area contributed by atoms with Crippen molar-refractivity contribution in [1.82, 2.24) is 19.1 Å². The Kier molecular flexibility index (Phi) is 8.11. The molecule has 2 aromatic rings. The van der Waals surface area contributed by atoms with Crippen LogP contribution in [-0.2, 0) is 32.0 Å². The number of nitrogens with zero attached hydrogens (tertiary/aromatic N) is 4. The van der Waals surface area contributed by atoms with Gasteiger partial charge in [0.2, 0.25) is 5.95 Å². The van der Waals surface area contributed by atoms with Crippen molar-refractivity contribution < 1.29 is 91.7 Å². The number of aliphatic hydroxyl groups excluding tert-OH is 4. The SMILES string of the molecule is Nc1nc2c(=O)n3cnc2n1[C@@H]1O[C@H](COP(=O)(O)OP(=O)([O-])OC[C@H]2O[C@@H]3[C@H](O)[C@@H]2O)[C@@H](O)[C@H]1O.[Na+]. The minimum Gasteiger partial charge on any atom is -0.756 e. The minimum atomic E-state index is -5.56. The van der Waals surface area contributed by atoms with Crippen molar-refractivity contribution in [3.8, 4) is 0 Å². The molecule has 4 aliphatic rings. The van der Waals surface area contributed by atoms with Crippen LogP contribution in [0, 0.1) is 0 Å². The zero-order valence-electron chi connectivity index (χ0n) is 18.8. The number of nitrogen functional groups attached to an aromatic ring is 1. The molecule has 0 saturated carbocycles. The quantitative estimate of drug-likeness (QED) is 0.125. The topological polar surface area (TPSA) is 283 Å². The average molecular weight is 579 g/mol. The van der Waals surface area contributed by atoms with Crippen molar-refractivity contribution in [2.24, 2.45) is 0 Å². The molecule has 0 spiro atoms. The summed E-state index contributed by atoms with van der Waals surface area (Å²) >= 11 is 0. The first kappa shape index (κ1) is 29.2. The van der Waals surface area contributed by atoms with Crippen LogP contribution in [0.25, 0.3) is 11.2 Å². The molecule has 4 aliphatic heterocycles. The molecule has 22 heteroatoms. The second-order valence-corrected chi connectivity index (χ2v) is 11.2. The molecule has 37 heavy (non-hydrogen) atoms. The van der Waals surface area contributed by atoms with E-state index in [1.54, 1.807) is 0 Å². The second kappa shape index (κ2) is 10.3. The molecule has 2 unspecified atom stereocenters. The van der Waals surface area contributed by atoms with Crippen LogP contribution in [0.5, 0.6) is 0 Å². The molecular formula is C15H20N5NaO14P2. The molecule has 6 rings (SSSR count). The van der Waals surface area contributed by atoms with Gasteiger partial charge >= 0.3 is 37.4 Å².